The van der Waals surface area contributed by atoms with Crippen LogP contribution in [0, 0.1) is 0 Å². The summed E-state index contributed by atoms with van der Waals surface area (Å²) in [5.74, 6) is 0. The zero-order chi connectivity index (χ0) is 12.4. The molecule has 18 heavy (non-hydrogen) atoms. The summed E-state index contributed by atoms with van der Waals surface area (Å²) in [7, 11) is 0. The van der Waals surface area contributed by atoms with Gasteiger partial charge in [-0.3, -0.25) is 4.40 Å². The van der Waals surface area contributed by atoms with E-state index in [-0.39, 0.29) is 0 Å². The monoisotopic (exact) mass is 254 g/mol. The van der Waals surface area contributed by atoms with Gasteiger partial charge in [-0.05, 0) is 30.2 Å². The van der Waals surface area contributed by atoms with Crippen LogP contribution in [0.1, 0.15) is 12.5 Å². The van der Waals surface area contributed by atoms with Gasteiger partial charge in [0.1, 0.15) is 0 Å². The van der Waals surface area contributed by atoms with Gasteiger partial charge in [0.25, 0.3) is 0 Å². The van der Waals surface area contributed by atoms with Crippen molar-refractivity contribution in [3.05, 3.63) is 64.4 Å². The Balaban J connectivity index is 2.22. The number of benzene rings is 1. The molecule has 0 amide bonds. The van der Waals surface area contributed by atoms with Crippen molar-refractivity contribution in [2.24, 2.45) is 4.99 Å². The topological polar surface area (TPSA) is 16.8 Å². The Labute approximate surface area is 110 Å². The molecule has 0 radical (unpaired) electrons. The summed E-state index contributed by atoms with van der Waals surface area (Å²) in [6, 6.07) is 14.5. The van der Waals surface area contributed by atoms with Crippen LogP contribution in [0.3, 0.4) is 0 Å². The lowest BCUT2D eigenvalue weighted by Gasteiger charge is -2.00. The number of hydrogen-bond donors (Lipinski definition) is 0. The Morgan fingerprint density at radius 3 is 2.83 bits per heavy atom. The van der Waals surface area contributed by atoms with Crippen molar-refractivity contribution in [3.63, 3.8) is 0 Å². The normalized spacial score (nSPS) is 12.2. The molecule has 2 nitrogen and oxygen atoms in total. The first-order valence-corrected chi connectivity index (χ1v) is 6.94. The Hall–Kier alpha value is -1.87. The van der Waals surface area contributed by atoms with Crippen LogP contribution in [-0.2, 0) is 6.42 Å². The Bertz CT molecular complexity index is 737. The van der Waals surface area contributed by atoms with E-state index in [9.17, 15) is 0 Å². The molecule has 0 N–H and O–H groups in total. The number of hydrogen-bond acceptors (Lipinski definition) is 2. The summed E-state index contributed by atoms with van der Waals surface area (Å²) in [6.07, 6.45) is 3.06. The highest BCUT2D eigenvalue weighted by atomic mass is 32.1. The summed E-state index contributed by atoms with van der Waals surface area (Å²) in [5, 5.41) is 2.13. The van der Waals surface area contributed by atoms with Gasteiger partial charge >= 0.3 is 0 Å². The fraction of sp³-hybridized carbons (Fsp3) is 0.133. The van der Waals surface area contributed by atoms with E-state index in [2.05, 4.69) is 47.2 Å². The maximum atomic E-state index is 4.78. The molecule has 0 unspecified atom stereocenters. The van der Waals surface area contributed by atoms with Crippen LogP contribution in [0.15, 0.2) is 59.0 Å². The second kappa shape index (κ2) is 4.78. The summed E-state index contributed by atoms with van der Waals surface area (Å²) >= 11 is 1.67. The molecule has 0 aliphatic carbocycles. The number of pyridine rings is 1. The molecule has 2 aromatic heterocycles. The molecule has 0 bridgehead atoms. The number of nitrogens with zero attached hydrogens (tertiary/aromatic N) is 2. The Morgan fingerprint density at radius 2 is 1.94 bits per heavy atom. The third kappa shape index (κ3) is 1.97. The van der Waals surface area contributed by atoms with Gasteiger partial charge in [-0.15, -0.1) is 11.3 Å². The second-order valence-corrected chi connectivity index (χ2v) is 4.94. The molecule has 90 valence electrons. The molecule has 3 rings (SSSR count). The lowest BCUT2D eigenvalue weighted by molar-refractivity contribution is 1.08. The van der Waals surface area contributed by atoms with Gasteiger partial charge in [-0.25, -0.2) is 4.99 Å². The van der Waals surface area contributed by atoms with Crippen molar-refractivity contribution in [1.29, 1.82) is 0 Å². The molecular formula is C15H14N2S. The fourth-order valence-corrected chi connectivity index (χ4v) is 2.85. The smallest absolute Gasteiger partial charge is 0.194 e. The van der Waals surface area contributed by atoms with Gasteiger partial charge in [-0.1, -0.05) is 31.2 Å². The molecule has 2 heterocycles. The number of aromatic nitrogens is 1. The highest BCUT2D eigenvalue weighted by molar-refractivity contribution is 7.07. The highest BCUT2D eigenvalue weighted by Crippen LogP contribution is 2.18. The van der Waals surface area contributed by atoms with E-state index in [0.29, 0.717) is 0 Å². The largest absolute Gasteiger partial charge is 0.292 e. The van der Waals surface area contributed by atoms with Crippen LogP contribution in [-0.4, -0.2) is 4.40 Å². The second-order valence-electron chi connectivity index (χ2n) is 4.11. The molecule has 0 saturated carbocycles. The predicted octanol–water partition coefficient (Wildman–Crippen LogP) is 3.80. The first kappa shape index (κ1) is 11.2. The summed E-state index contributed by atoms with van der Waals surface area (Å²) in [5.41, 5.74) is 3.55. The van der Waals surface area contributed by atoms with Crippen molar-refractivity contribution in [2.75, 3.05) is 0 Å². The van der Waals surface area contributed by atoms with Gasteiger partial charge in [0.15, 0.2) is 4.80 Å². The number of aryl methyl sites for hydroxylation is 1. The highest BCUT2D eigenvalue weighted by Gasteiger charge is 1.99. The minimum atomic E-state index is 1.01. The third-order valence-corrected chi connectivity index (χ3v) is 3.83. The van der Waals surface area contributed by atoms with Crippen LogP contribution < -0.4 is 4.80 Å². The van der Waals surface area contributed by atoms with Crippen LogP contribution in [0.25, 0.3) is 5.52 Å². The quantitative estimate of drug-likeness (QED) is 0.661. The maximum Gasteiger partial charge on any atom is 0.194 e. The fourth-order valence-electron chi connectivity index (χ4n) is 2.00. The SMILES string of the molecule is CCc1ccccc1N=c1scc2ccccn12. The molecular weight excluding hydrogens is 240 g/mol. The van der Waals surface area contributed by atoms with Crippen molar-refractivity contribution in [3.8, 4) is 0 Å². The molecule has 0 aliphatic heterocycles. The molecule has 3 aromatic rings. The summed E-state index contributed by atoms with van der Waals surface area (Å²) in [4.78, 5) is 5.80. The first-order valence-electron chi connectivity index (χ1n) is 6.06. The van der Waals surface area contributed by atoms with Gasteiger partial charge in [0.05, 0.1) is 11.2 Å². The summed E-state index contributed by atoms with van der Waals surface area (Å²) < 4.78 is 2.12. The molecule has 0 atom stereocenters. The lowest BCUT2D eigenvalue weighted by atomic mass is 10.1. The van der Waals surface area contributed by atoms with Gasteiger partial charge in [0.2, 0.25) is 0 Å². The van der Waals surface area contributed by atoms with E-state index in [4.69, 9.17) is 4.99 Å². The lowest BCUT2D eigenvalue weighted by Crippen LogP contribution is -2.05. The Morgan fingerprint density at radius 1 is 1.11 bits per heavy atom. The van der Waals surface area contributed by atoms with E-state index >= 15 is 0 Å². The standard InChI is InChI=1S/C15H14N2S/c1-2-12-7-3-4-9-14(12)16-15-17-10-6-5-8-13(17)11-18-15/h3-11H,2H2,1H3. The van der Waals surface area contributed by atoms with Crippen molar-refractivity contribution < 1.29 is 0 Å². The zero-order valence-electron chi connectivity index (χ0n) is 10.2. The maximum absolute atomic E-state index is 4.78. The number of fused-ring (bicyclic) bond motifs is 1. The van der Waals surface area contributed by atoms with Crippen LogP contribution in [0.4, 0.5) is 5.69 Å². The van der Waals surface area contributed by atoms with Gasteiger partial charge in [-0.2, -0.15) is 0 Å². The average molecular weight is 254 g/mol. The van der Waals surface area contributed by atoms with E-state index < -0.39 is 0 Å². The molecule has 3 heteroatoms. The first-order chi connectivity index (χ1) is 8.88. The predicted molar refractivity (Wildman–Crippen MR) is 76.3 cm³/mol. The molecule has 0 saturated heterocycles. The number of rotatable bonds is 2. The zero-order valence-corrected chi connectivity index (χ0v) is 11.0. The molecule has 0 fully saturated rings. The molecule has 1 aromatic carbocycles. The number of thiazole rings is 1. The van der Waals surface area contributed by atoms with Crippen LogP contribution in [0.5, 0.6) is 0 Å². The van der Waals surface area contributed by atoms with Crippen LogP contribution >= 0.6 is 11.3 Å². The van der Waals surface area contributed by atoms with Crippen molar-refractivity contribution >= 4 is 22.5 Å². The van der Waals surface area contributed by atoms with E-state index in [1.54, 1.807) is 11.3 Å². The van der Waals surface area contributed by atoms with Gasteiger partial charge < -0.3 is 0 Å². The minimum absolute atomic E-state index is 1.01. The van der Waals surface area contributed by atoms with E-state index in [0.717, 1.165) is 16.9 Å². The summed E-state index contributed by atoms with van der Waals surface area (Å²) in [6.45, 7) is 2.16. The van der Waals surface area contributed by atoms with Gasteiger partial charge in [0, 0.05) is 11.6 Å². The van der Waals surface area contributed by atoms with Crippen molar-refractivity contribution in [1.82, 2.24) is 4.40 Å². The Kier molecular flexibility index (Phi) is 2.99. The number of para-hydroxylation sites is 1. The van der Waals surface area contributed by atoms with E-state index in [1.165, 1.54) is 11.1 Å². The van der Waals surface area contributed by atoms with Crippen molar-refractivity contribution in [2.45, 2.75) is 13.3 Å². The third-order valence-electron chi connectivity index (χ3n) is 2.97. The van der Waals surface area contributed by atoms with Crippen LogP contribution in [0.2, 0.25) is 0 Å². The minimum Gasteiger partial charge on any atom is -0.292 e. The molecule has 0 spiro atoms. The van der Waals surface area contributed by atoms with E-state index in [1.807, 2.05) is 18.2 Å². The average Bonchev–Trinajstić information content (AvgIpc) is 2.83. The molecule has 0 aliphatic rings.